The van der Waals surface area contributed by atoms with Gasteiger partial charge in [-0.05, 0) is 33.6 Å². The van der Waals surface area contributed by atoms with E-state index in [9.17, 15) is 9.59 Å². The van der Waals surface area contributed by atoms with Crippen LogP contribution in [0.5, 0.6) is 0 Å². The molecule has 0 unspecified atom stereocenters. The molecule has 1 saturated carbocycles. The van der Waals surface area contributed by atoms with Crippen LogP contribution in [-0.4, -0.2) is 36.0 Å². The molecule has 1 fully saturated rings. The lowest BCUT2D eigenvalue weighted by Gasteiger charge is -2.39. The van der Waals surface area contributed by atoms with Crippen molar-refractivity contribution in [1.29, 1.82) is 0 Å². The highest BCUT2D eigenvalue weighted by molar-refractivity contribution is 5.69. The molecule has 1 amide bonds. The molecular weight excluding hydrogens is 194 g/mol. The Morgan fingerprint density at radius 3 is 2.33 bits per heavy atom. The summed E-state index contributed by atoms with van der Waals surface area (Å²) >= 11 is 0. The first-order valence-corrected chi connectivity index (χ1v) is 5.24. The zero-order chi connectivity index (χ0) is 11.6. The molecule has 0 spiro atoms. The van der Waals surface area contributed by atoms with Gasteiger partial charge in [-0.15, -0.1) is 0 Å². The van der Waals surface area contributed by atoms with Gasteiger partial charge in [0.1, 0.15) is 11.9 Å². The van der Waals surface area contributed by atoms with Gasteiger partial charge >= 0.3 is 6.09 Å². The van der Waals surface area contributed by atoms with Crippen LogP contribution < -0.4 is 0 Å². The highest BCUT2D eigenvalue weighted by atomic mass is 16.6. The minimum absolute atomic E-state index is 0.125. The standard InChI is InChI=1S/C11H19NO3/c1-11(2,3)15-10(14)12(4)9-5-8(6-9)7-13/h7-9H,5-6H2,1-4H3. The minimum atomic E-state index is -0.459. The number of aldehydes is 1. The Kier molecular flexibility index (Phi) is 3.37. The minimum Gasteiger partial charge on any atom is -0.444 e. The molecule has 0 heterocycles. The Bertz CT molecular complexity index is 251. The monoisotopic (exact) mass is 213 g/mol. The summed E-state index contributed by atoms with van der Waals surface area (Å²) < 4.78 is 5.22. The first kappa shape index (κ1) is 12.0. The van der Waals surface area contributed by atoms with Crippen molar-refractivity contribution in [1.82, 2.24) is 4.90 Å². The van der Waals surface area contributed by atoms with Gasteiger partial charge < -0.3 is 14.4 Å². The van der Waals surface area contributed by atoms with Crippen molar-refractivity contribution in [2.75, 3.05) is 7.05 Å². The molecule has 0 aromatic heterocycles. The van der Waals surface area contributed by atoms with Gasteiger partial charge in [0.2, 0.25) is 0 Å². The van der Waals surface area contributed by atoms with Crippen molar-refractivity contribution in [2.45, 2.75) is 45.3 Å². The third-order valence-corrected chi connectivity index (χ3v) is 2.57. The number of hydrogen-bond donors (Lipinski definition) is 0. The van der Waals surface area contributed by atoms with Crippen LogP contribution >= 0.6 is 0 Å². The largest absolute Gasteiger partial charge is 0.444 e. The third-order valence-electron chi connectivity index (χ3n) is 2.57. The van der Waals surface area contributed by atoms with Gasteiger partial charge in [0.25, 0.3) is 0 Å². The van der Waals surface area contributed by atoms with Crippen molar-refractivity contribution in [3.63, 3.8) is 0 Å². The lowest BCUT2D eigenvalue weighted by molar-refractivity contribution is -0.115. The molecule has 0 N–H and O–H groups in total. The number of amides is 1. The summed E-state index contributed by atoms with van der Waals surface area (Å²) in [5.74, 6) is 0.125. The SMILES string of the molecule is CN(C(=O)OC(C)(C)C)C1CC(C=O)C1. The quantitative estimate of drug-likeness (QED) is 0.657. The maximum atomic E-state index is 11.6. The summed E-state index contributed by atoms with van der Waals surface area (Å²) in [7, 11) is 1.72. The molecule has 0 atom stereocenters. The Hall–Kier alpha value is -1.06. The second kappa shape index (κ2) is 4.21. The van der Waals surface area contributed by atoms with Crippen LogP contribution in [0.25, 0.3) is 0 Å². The van der Waals surface area contributed by atoms with Gasteiger partial charge in [-0.1, -0.05) is 0 Å². The normalized spacial score (nSPS) is 25.3. The molecule has 1 aliphatic rings. The van der Waals surface area contributed by atoms with E-state index in [1.165, 1.54) is 0 Å². The molecule has 86 valence electrons. The van der Waals surface area contributed by atoms with Crippen LogP contribution in [0.4, 0.5) is 4.79 Å². The Balaban J connectivity index is 2.38. The van der Waals surface area contributed by atoms with E-state index >= 15 is 0 Å². The molecule has 0 radical (unpaired) electrons. The molecule has 0 bridgehead atoms. The molecule has 0 aliphatic heterocycles. The summed E-state index contributed by atoms with van der Waals surface area (Å²) in [6, 6.07) is 0.162. The maximum absolute atomic E-state index is 11.6. The predicted octanol–water partition coefficient (Wildman–Crippen LogP) is 1.83. The predicted molar refractivity (Wildman–Crippen MR) is 56.6 cm³/mol. The van der Waals surface area contributed by atoms with E-state index in [0.29, 0.717) is 0 Å². The zero-order valence-electron chi connectivity index (χ0n) is 9.82. The van der Waals surface area contributed by atoms with Crippen molar-refractivity contribution in [3.05, 3.63) is 0 Å². The number of carbonyl (C=O) groups excluding carboxylic acids is 2. The maximum Gasteiger partial charge on any atom is 0.410 e. The highest BCUT2D eigenvalue weighted by Gasteiger charge is 2.35. The molecule has 0 aromatic rings. The summed E-state index contributed by atoms with van der Waals surface area (Å²) in [5, 5.41) is 0. The Morgan fingerprint density at radius 1 is 1.40 bits per heavy atom. The highest BCUT2D eigenvalue weighted by Crippen LogP contribution is 2.30. The molecule has 4 nitrogen and oxygen atoms in total. The second-order valence-electron chi connectivity index (χ2n) is 5.11. The number of nitrogens with zero attached hydrogens (tertiary/aromatic N) is 1. The molecule has 0 saturated heterocycles. The lowest BCUT2D eigenvalue weighted by Crippen LogP contribution is -2.47. The van der Waals surface area contributed by atoms with E-state index in [0.717, 1.165) is 19.1 Å². The first-order chi connectivity index (χ1) is 6.83. The van der Waals surface area contributed by atoms with Gasteiger partial charge in [0.05, 0.1) is 0 Å². The van der Waals surface area contributed by atoms with Crippen LogP contribution in [0, 0.1) is 5.92 Å². The lowest BCUT2D eigenvalue weighted by atomic mass is 9.81. The first-order valence-electron chi connectivity index (χ1n) is 5.24. The van der Waals surface area contributed by atoms with Crippen LogP contribution in [0.3, 0.4) is 0 Å². The zero-order valence-corrected chi connectivity index (χ0v) is 9.82. The van der Waals surface area contributed by atoms with Gasteiger partial charge in [-0.3, -0.25) is 0 Å². The Labute approximate surface area is 90.6 Å². The van der Waals surface area contributed by atoms with Gasteiger partial charge in [-0.2, -0.15) is 0 Å². The summed E-state index contributed by atoms with van der Waals surface area (Å²) in [5.41, 5.74) is -0.459. The van der Waals surface area contributed by atoms with Crippen molar-refractivity contribution < 1.29 is 14.3 Å². The van der Waals surface area contributed by atoms with E-state index in [4.69, 9.17) is 4.74 Å². The smallest absolute Gasteiger partial charge is 0.410 e. The van der Waals surface area contributed by atoms with Crippen LogP contribution in [0.1, 0.15) is 33.6 Å². The van der Waals surface area contributed by atoms with E-state index < -0.39 is 5.60 Å². The fraction of sp³-hybridized carbons (Fsp3) is 0.818. The van der Waals surface area contributed by atoms with E-state index in [1.54, 1.807) is 11.9 Å². The molecule has 15 heavy (non-hydrogen) atoms. The third kappa shape index (κ3) is 3.22. The molecule has 1 rings (SSSR count). The summed E-state index contributed by atoms with van der Waals surface area (Å²) in [4.78, 5) is 23.6. The molecule has 0 aromatic carbocycles. The van der Waals surface area contributed by atoms with Gasteiger partial charge in [0.15, 0.2) is 0 Å². The fourth-order valence-corrected chi connectivity index (χ4v) is 1.54. The summed E-state index contributed by atoms with van der Waals surface area (Å²) in [6.07, 6.45) is 2.18. The Morgan fingerprint density at radius 2 is 1.93 bits per heavy atom. The number of carbonyl (C=O) groups is 2. The van der Waals surface area contributed by atoms with E-state index in [1.807, 2.05) is 20.8 Å². The second-order valence-corrected chi connectivity index (χ2v) is 5.11. The molecule has 1 aliphatic carbocycles. The number of hydrogen-bond acceptors (Lipinski definition) is 3. The van der Waals surface area contributed by atoms with E-state index in [2.05, 4.69) is 0 Å². The van der Waals surface area contributed by atoms with Crippen LogP contribution in [0.2, 0.25) is 0 Å². The van der Waals surface area contributed by atoms with Crippen LogP contribution in [-0.2, 0) is 9.53 Å². The van der Waals surface area contributed by atoms with Crippen molar-refractivity contribution >= 4 is 12.4 Å². The average Bonchev–Trinajstić information content (AvgIpc) is 1.98. The van der Waals surface area contributed by atoms with Gasteiger partial charge in [0, 0.05) is 19.0 Å². The number of rotatable bonds is 2. The van der Waals surface area contributed by atoms with E-state index in [-0.39, 0.29) is 18.1 Å². The van der Waals surface area contributed by atoms with Crippen LogP contribution in [0.15, 0.2) is 0 Å². The fourth-order valence-electron chi connectivity index (χ4n) is 1.54. The average molecular weight is 213 g/mol. The number of ether oxygens (including phenoxy) is 1. The topological polar surface area (TPSA) is 46.6 Å². The van der Waals surface area contributed by atoms with Crippen molar-refractivity contribution in [3.8, 4) is 0 Å². The van der Waals surface area contributed by atoms with Crippen molar-refractivity contribution in [2.24, 2.45) is 5.92 Å². The van der Waals surface area contributed by atoms with Gasteiger partial charge in [-0.25, -0.2) is 4.79 Å². The summed E-state index contributed by atoms with van der Waals surface area (Å²) in [6.45, 7) is 5.52. The molecular formula is C11H19NO3. The molecule has 4 heteroatoms.